The van der Waals surface area contributed by atoms with Crippen molar-refractivity contribution in [3.05, 3.63) is 68.5 Å². The molecule has 1 aromatic heterocycles. The minimum atomic E-state index is -1.92. The Hall–Kier alpha value is -2.25. The molecule has 3 rings (SSSR count). The topological polar surface area (TPSA) is 70.3 Å². The molecule has 0 N–H and O–H groups in total. The highest BCUT2D eigenvalue weighted by molar-refractivity contribution is 6.74. The molecule has 0 saturated heterocycles. The summed E-state index contributed by atoms with van der Waals surface area (Å²) in [7, 11) is -1.92. The van der Waals surface area contributed by atoms with E-state index in [0.717, 1.165) is 30.3 Å². The van der Waals surface area contributed by atoms with E-state index in [1.54, 1.807) is 48.0 Å². The summed E-state index contributed by atoms with van der Waals surface area (Å²) in [4.78, 5) is 39.3. The Morgan fingerprint density at radius 2 is 1.72 bits per heavy atom. The average Bonchev–Trinajstić information content (AvgIpc) is 2.75. The Balaban J connectivity index is 1.98. The van der Waals surface area contributed by atoms with Gasteiger partial charge in [-0.1, -0.05) is 51.8 Å². The molecule has 0 unspecified atom stereocenters. The van der Waals surface area contributed by atoms with Gasteiger partial charge in [0.05, 0.1) is 0 Å². The lowest BCUT2D eigenvalue weighted by atomic mass is 9.85. The fourth-order valence-corrected chi connectivity index (χ4v) is 5.17. The summed E-state index contributed by atoms with van der Waals surface area (Å²) in [5.74, 6) is -0.407. The smallest absolute Gasteiger partial charge is 0.338 e. The fraction of sp³-hybridized carbons (Fsp3) is 0.560. The van der Waals surface area contributed by atoms with Crippen LogP contribution in [0.1, 0.15) is 68.4 Å². The molecule has 2 atom stereocenters. The predicted octanol–water partition coefficient (Wildman–Crippen LogP) is 4.76. The summed E-state index contributed by atoms with van der Waals surface area (Å²) < 4.78 is 8.93. The maximum absolute atomic E-state index is 13.4. The van der Waals surface area contributed by atoms with E-state index in [4.69, 9.17) is 4.43 Å². The van der Waals surface area contributed by atoms with Crippen LogP contribution in [0.25, 0.3) is 0 Å². The van der Waals surface area contributed by atoms with Gasteiger partial charge in [0.1, 0.15) is 0 Å². The molecule has 6 nitrogen and oxygen atoms in total. The molecule has 0 aliphatic heterocycles. The van der Waals surface area contributed by atoms with Crippen molar-refractivity contribution in [1.29, 1.82) is 0 Å². The number of hydrogen-bond donors (Lipinski definition) is 0. The van der Waals surface area contributed by atoms with Crippen molar-refractivity contribution in [3.63, 3.8) is 0 Å². The molecule has 2 aromatic rings. The van der Waals surface area contributed by atoms with Gasteiger partial charge in [-0.2, -0.15) is 4.57 Å². The van der Waals surface area contributed by atoms with Gasteiger partial charge >= 0.3 is 5.69 Å². The normalized spacial score (nSPS) is 19.7. The standard InChI is InChI=1S/C25H36N2O4Si/c1-18-16-26(24(30)27(22(18)28)23(29)19-12-8-7-9-13-19)21-15-11-10-14-20(21)17-31-32(5,6)25(2,3)4/h7-9,12-13,16,20-21H,10-11,14-15,17H2,1-6H3/t20-,21-/m0/s1. The Labute approximate surface area is 191 Å². The van der Waals surface area contributed by atoms with Gasteiger partial charge in [0.2, 0.25) is 0 Å². The molecule has 0 bridgehead atoms. The van der Waals surface area contributed by atoms with Crippen LogP contribution < -0.4 is 11.2 Å². The molecule has 0 amide bonds. The lowest BCUT2D eigenvalue weighted by Gasteiger charge is -2.40. The Morgan fingerprint density at radius 1 is 1.09 bits per heavy atom. The van der Waals surface area contributed by atoms with Crippen LogP contribution in [0, 0.1) is 12.8 Å². The summed E-state index contributed by atoms with van der Waals surface area (Å²) in [6.07, 6.45) is 5.55. The van der Waals surface area contributed by atoms with E-state index in [2.05, 4.69) is 33.9 Å². The van der Waals surface area contributed by atoms with Crippen molar-refractivity contribution >= 4 is 14.2 Å². The first-order chi connectivity index (χ1) is 14.9. The van der Waals surface area contributed by atoms with Crippen LogP contribution in [0.15, 0.2) is 46.1 Å². The van der Waals surface area contributed by atoms with Gasteiger partial charge in [-0.3, -0.25) is 14.2 Å². The first kappa shape index (κ1) is 24.4. The highest BCUT2D eigenvalue weighted by atomic mass is 28.4. The number of rotatable bonds is 5. The molecule has 32 heavy (non-hydrogen) atoms. The van der Waals surface area contributed by atoms with E-state index >= 15 is 0 Å². The van der Waals surface area contributed by atoms with Crippen molar-refractivity contribution in [2.45, 2.75) is 77.6 Å². The zero-order valence-electron chi connectivity index (χ0n) is 20.2. The van der Waals surface area contributed by atoms with Gasteiger partial charge in [0.15, 0.2) is 8.32 Å². The van der Waals surface area contributed by atoms with Crippen LogP contribution in [0.4, 0.5) is 0 Å². The van der Waals surface area contributed by atoms with E-state index in [1.165, 1.54) is 0 Å². The Bertz CT molecular complexity index is 1080. The fourth-order valence-electron chi connectivity index (χ4n) is 4.10. The van der Waals surface area contributed by atoms with Crippen LogP contribution >= 0.6 is 0 Å². The summed E-state index contributed by atoms with van der Waals surface area (Å²) in [6, 6.07) is 8.40. The number of nitrogens with zero attached hydrogens (tertiary/aromatic N) is 2. The number of carbonyl (C=O) groups excluding carboxylic acids is 1. The van der Waals surface area contributed by atoms with Gasteiger partial charge in [-0.05, 0) is 50.0 Å². The van der Waals surface area contributed by atoms with Crippen molar-refractivity contribution in [2.24, 2.45) is 5.92 Å². The summed E-state index contributed by atoms with van der Waals surface area (Å²) in [6.45, 7) is 13.4. The van der Waals surface area contributed by atoms with Crippen LogP contribution in [-0.2, 0) is 4.43 Å². The van der Waals surface area contributed by atoms with Gasteiger partial charge in [-0.15, -0.1) is 0 Å². The molecule has 0 radical (unpaired) electrons. The van der Waals surface area contributed by atoms with Gasteiger partial charge < -0.3 is 4.43 Å². The molecule has 1 aliphatic rings. The molecule has 1 fully saturated rings. The zero-order valence-corrected chi connectivity index (χ0v) is 21.2. The third-order valence-corrected chi connectivity index (χ3v) is 11.7. The lowest BCUT2D eigenvalue weighted by Crippen LogP contribution is -2.48. The second-order valence-electron chi connectivity index (χ2n) is 10.5. The summed E-state index contributed by atoms with van der Waals surface area (Å²) >= 11 is 0. The molecule has 0 spiro atoms. The van der Waals surface area contributed by atoms with Crippen molar-refractivity contribution in [2.75, 3.05) is 6.61 Å². The van der Waals surface area contributed by atoms with Crippen LogP contribution in [0.5, 0.6) is 0 Å². The maximum Gasteiger partial charge on any atom is 0.338 e. The Morgan fingerprint density at radius 3 is 2.34 bits per heavy atom. The summed E-state index contributed by atoms with van der Waals surface area (Å²) in [5.41, 5.74) is -0.391. The van der Waals surface area contributed by atoms with E-state index in [1.807, 2.05) is 0 Å². The second-order valence-corrected chi connectivity index (χ2v) is 15.3. The predicted molar refractivity (Wildman–Crippen MR) is 130 cm³/mol. The maximum atomic E-state index is 13.4. The molecule has 1 saturated carbocycles. The molecule has 7 heteroatoms. The summed E-state index contributed by atoms with van der Waals surface area (Å²) in [5, 5.41) is 0.111. The molecular weight excluding hydrogens is 420 g/mol. The monoisotopic (exact) mass is 456 g/mol. The lowest BCUT2D eigenvalue weighted by molar-refractivity contribution is 0.0941. The highest BCUT2D eigenvalue weighted by Gasteiger charge is 2.39. The highest BCUT2D eigenvalue weighted by Crippen LogP contribution is 2.39. The number of aromatic nitrogens is 2. The Kier molecular flexibility index (Phi) is 7.10. The minimum Gasteiger partial charge on any atom is -0.416 e. The van der Waals surface area contributed by atoms with Crippen LogP contribution in [0.3, 0.4) is 0 Å². The van der Waals surface area contributed by atoms with Gasteiger partial charge in [-0.25, -0.2) is 4.79 Å². The minimum absolute atomic E-state index is 0.0878. The molecular formula is C25H36N2O4Si. The van der Waals surface area contributed by atoms with Crippen LogP contribution in [0.2, 0.25) is 18.1 Å². The zero-order chi connectivity index (χ0) is 23.7. The van der Waals surface area contributed by atoms with E-state index in [9.17, 15) is 14.4 Å². The third kappa shape index (κ3) is 4.88. The van der Waals surface area contributed by atoms with E-state index in [-0.39, 0.29) is 17.0 Å². The second kappa shape index (κ2) is 9.31. The third-order valence-electron chi connectivity index (χ3n) is 7.20. The molecule has 174 valence electrons. The molecule has 1 aromatic carbocycles. The number of hydrogen-bond acceptors (Lipinski definition) is 4. The van der Waals surface area contributed by atoms with E-state index < -0.39 is 25.5 Å². The number of carbonyl (C=O) groups is 1. The number of aryl methyl sites for hydroxylation is 1. The van der Waals surface area contributed by atoms with Gasteiger partial charge in [0, 0.05) is 35.9 Å². The first-order valence-electron chi connectivity index (χ1n) is 11.5. The molecule has 1 heterocycles. The quantitative estimate of drug-likeness (QED) is 0.608. The van der Waals surface area contributed by atoms with Crippen molar-refractivity contribution in [3.8, 4) is 0 Å². The van der Waals surface area contributed by atoms with Crippen molar-refractivity contribution in [1.82, 2.24) is 9.13 Å². The number of benzene rings is 1. The van der Waals surface area contributed by atoms with Gasteiger partial charge in [0.25, 0.3) is 11.5 Å². The first-order valence-corrected chi connectivity index (χ1v) is 14.4. The SMILES string of the molecule is Cc1cn([C@H]2CCCC[C@H]2CO[Si](C)(C)C(C)(C)C)c(=O)n(C(=O)c2ccccc2)c1=O. The van der Waals surface area contributed by atoms with Crippen LogP contribution in [-0.4, -0.2) is 30.0 Å². The largest absolute Gasteiger partial charge is 0.416 e. The van der Waals surface area contributed by atoms with E-state index in [0.29, 0.717) is 17.7 Å². The van der Waals surface area contributed by atoms with Crippen molar-refractivity contribution < 1.29 is 9.22 Å². The average molecular weight is 457 g/mol. The molecule has 1 aliphatic carbocycles.